The highest BCUT2D eigenvalue weighted by Crippen LogP contribution is 2.25. The lowest BCUT2D eigenvalue weighted by atomic mass is 10.2. The van der Waals surface area contributed by atoms with Gasteiger partial charge in [0.25, 0.3) is 23.2 Å². The zero-order valence-corrected chi connectivity index (χ0v) is 15.3. The fraction of sp³-hybridized carbons (Fsp3) is 0.235. The van der Waals surface area contributed by atoms with E-state index in [-0.39, 0.29) is 23.0 Å². The third kappa shape index (κ3) is 3.92. The first-order valence-corrected chi connectivity index (χ1v) is 8.17. The average Bonchev–Trinajstić information content (AvgIpc) is 3.05. The van der Waals surface area contributed by atoms with Crippen molar-refractivity contribution in [2.24, 2.45) is 0 Å². The van der Waals surface area contributed by atoms with E-state index in [4.69, 9.17) is 4.74 Å². The minimum atomic E-state index is -0.906. The SMILES string of the molecule is Cc1ccc(NC(=O)COC(=O)c2nc3nc(C)cc(C)n3n2)c([N+](=O)[O-])c1. The van der Waals surface area contributed by atoms with E-state index in [0.29, 0.717) is 5.56 Å². The summed E-state index contributed by atoms with van der Waals surface area (Å²) in [7, 11) is 0. The van der Waals surface area contributed by atoms with Gasteiger partial charge in [-0.25, -0.2) is 14.3 Å². The number of carbonyl (C=O) groups is 2. The van der Waals surface area contributed by atoms with Crippen LogP contribution in [0.2, 0.25) is 0 Å². The van der Waals surface area contributed by atoms with Crippen LogP contribution in [-0.2, 0) is 9.53 Å². The Kier molecular flexibility index (Phi) is 4.98. The number of aryl methyl sites for hydroxylation is 3. The third-order valence-corrected chi connectivity index (χ3v) is 3.76. The van der Waals surface area contributed by atoms with Gasteiger partial charge < -0.3 is 10.1 Å². The van der Waals surface area contributed by atoms with Gasteiger partial charge in [-0.05, 0) is 38.5 Å². The second-order valence-electron chi connectivity index (χ2n) is 6.09. The molecule has 0 spiro atoms. The number of ether oxygens (including phenoxy) is 1. The summed E-state index contributed by atoms with van der Waals surface area (Å²) in [5.74, 6) is -1.63. The predicted molar refractivity (Wildman–Crippen MR) is 97.0 cm³/mol. The summed E-state index contributed by atoms with van der Waals surface area (Å²) in [6.07, 6.45) is 0. The Bertz CT molecular complexity index is 1110. The first kappa shape index (κ1) is 18.9. The predicted octanol–water partition coefficient (Wildman–Crippen LogP) is 1.75. The topological polar surface area (TPSA) is 142 Å². The number of carbonyl (C=O) groups excluding carboxylic acids is 2. The van der Waals surface area contributed by atoms with Crippen LogP contribution in [0.4, 0.5) is 11.4 Å². The number of rotatable bonds is 5. The largest absolute Gasteiger partial charge is 0.450 e. The minimum absolute atomic E-state index is 0.0119. The summed E-state index contributed by atoms with van der Waals surface area (Å²) in [6.45, 7) is 4.62. The molecular formula is C17H16N6O5. The van der Waals surface area contributed by atoms with E-state index < -0.39 is 23.4 Å². The van der Waals surface area contributed by atoms with Gasteiger partial charge in [0.2, 0.25) is 0 Å². The Morgan fingerprint density at radius 3 is 2.68 bits per heavy atom. The van der Waals surface area contributed by atoms with Crippen LogP contribution in [0.1, 0.15) is 27.6 Å². The number of nitrogens with zero attached hydrogens (tertiary/aromatic N) is 5. The van der Waals surface area contributed by atoms with Crippen molar-refractivity contribution in [3.05, 3.63) is 57.2 Å². The second-order valence-corrected chi connectivity index (χ2v) is 6.09. The zero-order chi connectivity index (χ0) is 20.4. The van der Waals surface area contributed by atoms with Crippen molar-refractivity contribution in [2.75, 3.05) is 11.9 Å². The van der Waals surface area contributed by atoms with E-state index in [0.717, 1.165) is 11.4 Å². The highest BCUT2D eigenvalue weighted by atomic mass is 16.6. The first-order valence-electron chi connectivity index (χ1n) is 8.17. The quantitative estimate of drug-likeness (QED) is 0.398. The van der Waals surface area contributed by atoms with Gasteiger partial charge in [0, 0.05) is 17.5 Å². The molecule has 11 nitrogen and oxygen atoms in total. The summed E-state index contributed by atoms with van der Waals surface area (Å²) in [6, 6.07) is 6.14. The number of anilines is 1. The number of amides is 1. The molecule has 28 heavy (non-hydrogen) atoms. The van der Waals surface area contributed by atoms with Crippen molar-refractivity contribution < 1.29 is 19.2 Å². The van der Waals surface area contributed by atoms with E-state index in [2.05, 4.69) is 20.4 Å². The van der Waals surface area contributed by atoms with Crippen molar-refractivity contribution in [3.63, 3.8) is 0 Å². The summed E-state index contributed by atoms with van der Waals surface area (Å²) in [5, 5.41) is 17.4. The lowest BCUT2D eigenvalue weighted by Crippen LogP contribution is -2.22. The van der Waals surface area contributed by atoms with E-state index in [1.165, 1.54) is 16.6 Å². The maximum absolute atomic E-state index is 12.1. The summed E-state index contributed by atoms with van der Waals surface area (Å²) in [5.41, 5.74) is 1.89. The Balaban J connectivity index is 1.67. The monoisotopic (exact) mass is 384 g/mol. The molecule has 2 heterocycles. The fourth-order valence-electron chi connectivity index (χ4n) is 2.53. The summed E-state index contributed by atoms with van der Waals surface area (Å²) < 4.78 is 6.29. The van der Waals surface area contributed by atoms with Gasteiger partial charge in [-0.15, -0.1) is 5.10 Å². The van der Waals surface area contributed by atoms with Crippen molar-refractivity contribution >= 4 is 29.0 Å². The Labute approximate surface area is 158 Å². The van der Waals surface area contributed by atoms with Crippen LogP contribution in [0.3, 0.4) is 0 Å². The molecule has 0 aliphatic carbocycles. The Morgan fingerprint density at radius 2 is 1.96 bits per heavy atom. The highest BCUT2D eigenvalue weighted by Gasteiger charge is 2.20. The first-order chi connectivity index (χ1) is 13.2. The molecule has 11 heteroatoms. The minimum Gasteiger partial charge on any atom is -0.450 e. The van der Waals surface area contributed by atoms with Crippen LogP contribution in [0.5, 0.6) is 0 Å². The Morgan fingerprint density at radius 1 is 1.21 bits per heavy atom. The highest BCUT2D eigenvalue weighted by molar-refractivity contribution is 5.96. The van der Waals surface area contributed by atoms with Gasteiger partial charge in [0.1, 0.15) is 5.69 Å². The zero-order valence-electron chi connectivity index (χ0n) is 15.3. The van der Waals surface area contributed by atoms with E-state index in [1.54, 1.807) is 32.9 Å². The normalized spacial score (nSPS) is 10.7. The molecule has 0 unspecified atom stereocenters. The van der Waals surface area contributed by atoms with Crippen LogP contribution in [-0.4, -0.2) is 43.0 Å². The third-order valence-electron chi connectivity index (χ3n) is 3.76. The average molecular weight is 384 g/mol. The number of nitro benzene ring substituents is 1. The maximum Gasteiger partial charge on any atom is 0.378 e. The van der Waals surface area contributed by atoms with Crippen LogP contribution >= 0.6 is 0 Å². The van der Waals surface area contributed by atoms with Crippen LogP contribution < -0.4 is 5.32 Å². The molecule has 0 atom stereocenters. The molecular weight excluding hydrogens is 368 g/mol. The standard InChI is InChI=1S/C17H16N6O5/c1-9-4-5-12(13(6-9)23(26)27)19-14(24)8-28-16(25)15-20-17-18-10(2)7-11(3)22(17)21-15/h4-7H,8H2,1-3H3,(H,19,24). The fourth-order valence-corrected chi connectivity index (χ4v) is 2.53. The number of hydrogen-bond donors (Lipinski definition) is 1. The molecule has 1 aromatic carbocycles. The molecule has 0 bridgehead atoms. The van der Waals surface area contributed by atoms with Gasteiger partial charge >= 0.3 is 5.97 Å². The number of fused-ring (bicyclic) bond motifs is 1. The molecule has 0 saturated heterocycles. The van der Waals surface area contributed by atoms with Crippen LogP contribution in [0.25, 0.3) is 5.78 Å². The van der Waals surface area contributed by atoms with E-state index in [1.807, 2.05) is 0 Å². The molecule has 144 valence electrons. The van der Waals surface area contributed by atoms with Gasteiger partial charge in [-0.2, -0.15) is 4.98 Å². The lowest BCUT2D eigenvalue weighted by Gasteiger charge is -2.06. The molecule has 0 aliphatic heterocycles. The molecule has 0 radical (unpaired) electrons. The molecule has 0 aliphatic rings. The number of hydrogen-bond acceptors (Lipinski definition) is 8. The lowest BCUT2D eigenvalue weighted by molar-refractivity contribution is -0.384. The number of nitrogens with one attached hydrogen (secondary N) is 1. The van der Waals surface area contributed by atoms with Crippen molar-refractivity contribution in [1.82, 2.24) is 19.6 Å². The van der Waals surface area contributed by atoms with Crippen LogP contribution in [0, 0.1) is 30.9 Å². The number of benzene rings is 1. The Hall–Kier alpha value is -3.89. The smallest absolute Gasteiger partial charge is 0.378 e. The molecule has 1 amide bonds. The number of aromatic nitrogens is 4. The van der Waals surface area contributed by atoms with Gasteiger partial charge in [0.15, 0.2) is 6.61 Å². The van der Waals surface area contributed by atoms with Crippen molar-refractivity contribution in [2.45, 2.75) is 20.8 Å². The molecule has 2 aromatic heterocycles. The summed E-state index contributed by atoms with van der Waals surface area (Å²) >= 11 is 0. The van der Waals surface area contributed by atoms with E-state index >= 15 is 0 Å². The summed E-state index contributed by atoms with van der Waals surface area (Å²) in [4.78, 5) is 42.8. The van der Waals surface area contributed by atoms with Crippen molar-refractivity contribution in [1.29, 1.82) is 0 Å². The van der Waals surface area contributed by atoms with Crippen molar-refractivity contribution in [3.8, 4) is 0 Å². The van der Waals surface area contributed by atoms with E-state index in [9.17, 15) is 19.7 Å². The molecule has 0 saturated carbocycles. The van der Waals surface area contributed by atoms with Gasteiger partial charge in [-0.1, -0.05) is 6.07 Å². The van der Waals surface area contributed by atoms with Crippen LogP contribution in [0.15, 0.2) is 24.3 Å². The molecule has 0 fully saturated rings. The molecule has 3 rings (SSSR count). The molecule has 3 aromatic rings. The second kappa shape index (κ2) is 7.39. The maximum atomic E-state index is 12.1. The van der Waals surface area contributed by atoms with Gasteiger partial charge in [-0.3, -0.25) is 14.9 Å². The molecule has 1 N–H and O–H groups in total. The number of esters is 1. The number of nitro groups is 1. The van der Waals surface area contributed by atoms with Gasteiger partial charge in [0.05, 0.1) is 4.92 Å².